The Balaban J connectivity index is 1.77. The molecular formula is C28H37F2N3O4. The zero-order valence-corrected chi connectivity index (χ0v) is 22.2. The Kier molecular flexibility index (Phi) is 9.10. The molecule has 2 heterocycles. The van der Waals surface area contributed by atoms with Gasteiger partial charge >= 0.3 is 12.2 Å². The molecule has 0 saturated heterocycles. The van der Waals surface area contributed by atoms with Gasteiger partial charge in [0, 0.05) is 19.0 Å². The maximum absolute atomic E-state index is 15.2. The Morgan fingerprint density at radius 3 is 2.49 bits per heavy atom. The lowest BCUT2D eigenvalue weighted by atomic mass is 9.88. The van der Waals surface area contributed by atoms with Crippen molar-refractivity contribution in [1.29, 1.82) is 0 Å². The Morgan fingerprint density at radius 1 is 1.14 bits per heavy atom. The van der Waals surface area contributed by atoms with Gasteiger partial charge < -0.3 is 14.8 Å². The van der Waals surface area contributed by atoms with Gasteiger partial charge in [0.2, 0.25) is 0 Å². The van der Waals surface area contributed by atoms with Gasteiger partial charge in [-0.3, -0.25) is 4.90 Å². The maximum Gasteiger partial charge on any atom is 0.416 e. The highest BCUT2D eigenvalue weighted by Gasteiger charge is 2.41. The van der Waals surface area contributed by atoms with Gasteiger partial charge in [-0.2, -0.15) is 0 Å². The van der Waals surface area contributed by atoms with E-state index in [-0.39, 0.29) is 18.7 Å². The number of hydrogen-bond acceptors (Lipinski definition) is 5. The average Bonchev–Trinajstić information content (AvgIpc) is 2.85. The molecule has 0 radical (unpaired) electrons. The summed E-state index contributed by atoms with van der Waals surface area (Å²) in [6.45, 7) is 8.89. The second kappa shape index (κ2) is 11.9. The van der Waals surface area contributed by atoms with E-state index in [1.807, 2.05) is 30.3 Å². The first-order valence-corrected chi connectivity index (χ1v) is 12.7. The summed E-state index contributed by atoms with van der Waals surface area (Å²) in [6, 6.07) is 12.0. The molecule has 1 aromatic carbocycles. The number of anilines is 1. The number of aryl methyl sites for hydroxylation is 1. The molecule has 3 rings (SSSR count). The quantitative estimate of drug-likeness (QED) is 0.427. The standard InChI is InChI=1S/C28H37F2N3O4/c1-6-28(29,30)22(17-19(2)31-25(34)36-18-20-11-8-7-9-12-20)23-15-14-21-13-10-16-33(24(21)32-23)26(35)37-27(3,4)5/h7-9,11-12,14-15,19,22H,6,10,13,16-18H2,1-5H3,(H,31,34)/t19-,22-/m0/s1. The van der Waals surface area contributed by atoms with Crippen molar-refractivity contribution >= 4 is 18.0 Å². The fraction of sp³-hybridized carbons (Fsp3) is 0.536. The number of nitrogens with zero attached hydrogens (tertiary/aromatic N) is 2. The molecule has 1 aromatic heterocycles. The van der Waals surface area contributed by atoms with E-state index >= 15 is 8.78 Å². The molecule has 0 aliphatic carbocycles. The molecule has 0 unspecified atom stereocenters. The number of carbonyl (C=O) groups is 2. The third kappa shape index (κ3) is 7.87. The first kappa shape index (κ1) is 28.3. The van der Waals surface area contributed by atoms with Crippen LogP contribution >= 0.6 is 0 Å². The fourth-order valence-electron chi connectivity index (χ4n) is 4.28. The molecule has 2 atom stereocenters. The summed E-state index contributed by atoms with van der Waals surface area (Å²) in [5.74, 6) is -3.98. The molecule has 2 amide bonds. The largest absolute Gasteiger partial charge is 0.445 e. The van der Waals surface area contributed by atoms with Crippen molar-refractivity contribution in [1.82, 2.24) is 10.3 Å². The van der Waals surface area contributed by atoms with E-state index in [2.05, 4.69) is 10.3 Å². The zero-order chi connectivity index (χ0) is 27.2. The molecule has 0 saturated carbocycles. The minimum atomic E-state index is -3.07. The molecule has 0 fully saturated rings. The normalized spacial score (nSPS) is 15.4. The fourth-order valence-corrected chi connectivity index (χ4v) is 4.28. The number of benzene rings is 1. The number of nitrogens with one attached hydrogen (secondary N) is 1. The highest BCUT2D eigenvalue weighted by atomic mass is 19.3. The van der Waals surface area contributed by atoms with Crippen molar-refractivity contribution in [2.75, 3.05) is 11.4 Å². The van der Waals surface area contributed by atoms with Gasteiger partial charge in [0.15, 0.2) is 0 Å². The zero-order valence-electron chi connectivity index (χ0n) is 22.2. The summed E-state index contributed by atoms with van der Waals surface area (Å²) in [5.41, 5.74) is 1.12. The average molecular weight is 518 g/mol. The molecule has 202 valence electrons. The smallest absolute Gasteiger partial charge is 0.416 e. The van der Waals surface area contributed by atoms with Gasteiger partial charge in [-0.1, -0.05) is 43.3 Å². The van der Waals surface area contributed by atoms with Crippen LogP contribution in [0.5, 0.6) is 0 Å². The number of hydrogen-bond donors (Lipinski definition) is 1. The summed E-state index contributed by atoms with van der Waals surface area (Å²) < 4.78 is 41.1. The minimum absolute atomic E-state index is 0.0561. The van der Waals surface area contributed by atoms with Crippen LogP contribution in [0.15, 0.2) is 42.5 Å². The minimum Gasteiger partial charge on any atom is -0.445 e. The van der Waals surface area contributed by atoms with Gasteiger partial charge in [-0.15, -0.1) is 0 Å². The number of alkyl halides is 2. The van der Waals surface area contributed by atoms with E-state index < -0.39 is 42.1 Å². The molecule has 37 heavy (non-hydrogen) atoms. The number of amides is 2. The first-order chi connectivity index (χ1) is 17.4. The van der Waals surface area contributed by atoms with Gasteiger partial charge in [-0.05, 0) is 64.2 Å². The van der Waals surface area contributed by atoms with Crippen LogP contribution < -0.4 is 10.2 Å². The van der Waals surface area contributed by atoms with Crippen molar-refractivity contribution in [3.05, 3.63) is 59.3 Å². The van der Waals surface area contributed by atoms with Gasteiger partial charge in [0.25, 0.3) is 5.92 Å². The third-order valence-corrected chi connectivity index (χ3v) is 6.18. The molecule has 2 aromatic rings. The van der Waals surface area contributed by atoms with E-state index in [4.69, 9.17) is 9.47 Å². The monoisotopic (exact) mass is 517 g/mol. The molecule has 9 heteroatoms. The number of rotatable bonds is 8. The Morgan fingerprint density at radius 2 is 1.84 bits per heavy atom. The second-order valence-corrected chi connectivity index (χ2v) is 10.5. The number of fused-ring (bicyclic) bond motifs is 1. The predicted molar refractivity (Wildman–Crippen MR) is 138 cm³/mol. The molecule has 0 bridgehead atoms. The van der Waals surface area contributed by atoms with Crippen LogP contribution in [0.1, 0.15) is 76.6 Å². The van der Waals surface area contributed by atoms with Crippen LogP contribution in [0.2, 0.25) is 0 Å². The topological polar surface area (TPSA) is 80.8 Å². The van der Waals surface area contributed by atoms with E-state index in [9.17, 15) is 9.59 Å². The molecular weight excluding hydrogens is 480 g/mol. The number of pyridine rings is 1. The summed E-state index contributed by atoms with van der Waals surface area (Å²) in [7, 11) is 0. The number of carbonyl (C=O) groups excluding carboxylic acids is 2. The van der Waals surface area contributed by atoms with Crippen LogP contribution in [0.4, 0.5) is 24.2 Å². The summed E-state index contributed by atoms with van der Waals surface area (Å²) in [4.78, 5) is 31.1. The highest BCUT2D eigenvalue weighted by Crippen LogP contribution is 2.40. The SMILES string of the molecule is CCC(F)(F)[C@@H](C[C@H](C)NC(=O)OCc1ccccc1)c1ccc2c(n1)N(C(=O)OC(C)(C)C)CCC2. The van der Waals surface area contributed by atoms with Crippen LogP contribution in [-0.2, 0) is 22.5 Å². The van der Waals surface area contributed by atoms with Gasteiger partial charge in [0.05, 0.1) is 11.6 Å². The first-order valence-electron chi connectivity index (χ1n) is 12.7. The Hall–Kier alpha value is -3.23. The summed E-state index contributed by atoms with van der Waals surface area (Å²) in [6.07, 6.45) is -0.246. The number of halogens is 2. The predicted octanol–water partition coefficient (Wildman–Crippen LogP) is 6.60. The van der Waals surface area contributed by atoms with E-state index in [0.29, 0.717) is 18.8 Å². The Bertz CT molecular complexity index is 1070. The van der Waals surface area contributed by atoms with Crippen LogP contribution in [-0.4, -0.2) is 41.3 Å². The summed E-state index contributed by atoms with van der Waals surface area (Å²) in [5, 5.41) is 2.65. The maximum atomic E-state index is 15.2. The molecule has 7 nitrogen and oxygen atoms in total. The third-order valence-electron chi connectivity index (χ3n) is 6.18. The second-order valence-electron chi connectivity index (χ2n) is 10.5. The van der Waals surface area contributed by atoms with E-state index in [1.165, 1.54) is 11.8 Å². The number of ether oxygens (including phenoxy) is 2. The molecule has 1 aliphatic heterocycles. The molecule has 1 aliphatic rings. The summed E-state index contributed by atoms with van der Waals surface area (Å²) >= 11 is 0. The molecule has 0 spiro atoms. The van der Waals surface area contributed by atoms with Crippen molar-refractivity contribution < 1.29 is 27.8 Å². The van der Waals surface area contributed by atoms with Crippen molar-refractivity contribution in [3.8, 4) is 0 Å². The number of aromatic nitrogens is 1. The van der Waals surface area contributed by atoms with E-state index in [0.717, 1.165) is 17.5 Å². The van der Waals surface area contributed by atoms with E-state index in [1.54, 1.807) is 39.8 Å². The lowest BCUT2D eigenvalue weighted by Crippen LogP contribution is -2.41. The lowest BCUT2D eigenvalue weighted by molar-refractivity contribution is -0.0372. The van der Waals surface area contributed by atoms with Crippen molar-refractivity contribution in [2.45, 2.75) is 90.4 Å². The molecule has 1 N–H and O–H groups in total. The van der Waals surface area contributed by atoms with Crippen LogP contribution in [0.25, 0.3) is 0 Å². The van der Waals surface area contributed by atoms with Crippen LogP contribution in [0.3, 0.4) is 0 Å². The lowest BCUT2D eigenvalue weighted by Gasteiger charge is -2.33. The van der Waals surface area contributed by atoms with Crippen LogP contribution in [0, 0.1) is 0 Å². The highest BCUT2D eigenvalue weighted by molar-refractivity contribution is 5.88. The number of alkyl carbamates (subject to hydrolysis) is 1. The Labute approximate surface area is 217 Å². The van der Waals surface area contributed by atoms with Crippen molar-refractivity contribution in [2.24, 2.45) is 0 Å². The van der Waals surface area contributed by atoms with Gasteiger partial charge in [-0.25, -0.2) is 23.4 Å². The van der Waals surface area contributed by atoms with Gasteiger partial charge in [0.1, 0.15) is 18.0 Å². The van der Waals surface area contributed by atoms with Crippen molar-refractivity contribution in [3.63, 3.8) is 0 Å².